The smallest absolute Gasteiger partial charge is 0.238 e. The molecule has 0 aromatic carbocycles. The first-order valence-corrected chi connectivity index (χ1v) is 6.94. The second kappa shape index (κ2) is 9.30. The van der Waals surface area contributed by atoms with E-state index in [9.17, 15) is 9.59 Å². The highest BCUT2D eigenvalue weighted by Gasteiger charge is 2.20. The van der Waals surface area contributed by atoms with Crippen molar-refractivity contribution in [2.24, 2.45) is 0 Å². The largest absolute Gasteiger partial charge is 0.358 e. The maximum atomic E-state index is 11.6. The molecule has 0 rings (SSSR count). The minimum atomic E-state index is -0.104. The van der Waals surface area contributed by atoms with Crippen LogP contribution >= 0.6 is 11.9 Å². The van der Waals surface area contributed by atoms with Crippen LogP contribution in [0.15, 0.2) is 0 Å². The van der Waals surface area contributed by atoms with E-state index < -0.39 is 0 Å². The van der Waals surface area contributed by atoms with Crippen LogP contribution in [0.4, 0.5) is 0 Å². The number of hydrogen-bond donors (Lipinski definition) is 2. The van der Waals surface area contributed by atoms with Crippen molar-refractivity contribution in [1.29, 1.82) is 0 Å². The Morgan fingerprint density at radius 1 is 1.35 bits per heavy atom. The van der Waals surface area contributed by atoms with Crippen LogP contribution in [0, 0.1) is 0 Å². The van der Waals surface area contributed by atoms with E-state index in [0.717, 1.165) is 19.3 Å². The van der Waals surface area contributed by atoms with E-state index >= 15 is 0 Å². The summed E-state index contributed by atoms with van der Waals surface area (Å²) in [4.78, 5) is 22.3. The van der Waals surface area contributed by atoms with Gasteiger partial charge in [0, 0.05) is 20.5 Å². The molecular weight excluding hydrogens is 238 g/mol. The molecule has 0 aliphatic rings. The van der Waals surface area contributed by atoms with E-state index in [0.29, 0.717) is 6.54 Å². The molecule has 0 aliphatic heterocycles. The van der Waals surface area contributed by atoms with Crippen LogP contribution in [-0.2, 0) is 9.59 Å². The first-order valence-electron chi connectivity index (χ1n) is 5.75. The van der Waals surface area contributed by atoms with Gasteiger partial charge in [0.15, 0.2) is 0 Å². The Bertz CT molecular complexity index is 249. The summed E-state index contributed by atoms with van der Waals surface area (Å²) >= 11 is 1.55. The summed E-state index contributed by atoms with van der Waals surface area (Å²) in [5, 5.41) is 5.42. The summed E-state index contributed by atoms with van der Waals surface area (Å²) in [6.07, 6.45) is 4.57. The number of rotatable bonds is 8. The molecule has 100 valence electrons. The summed E-state index contributed by atoms with van der Waals surface area (Å²) in [7, 11) is 3.57. The minimum absolute atomic E-state index is 0.00548. The van der Waals surface area contributed by atoms with E-state index in [1.54, 1.807) is 19.0 Å². The quantitative estimate of drug-likeness (QED) is 0.497. The molecule has 0 heterocycles. The molecule has 5 nitrogen and oxygen atoms in total. The Hall–Kier alpha value is -0.750. The van der Waals surface area contributed by atoms with Gasteiger partial charge in [-0.25, -0.2) is 4.31 Å². The number of likely N-dealkylation sites (N-methyl/N-ethyl adjacent to an activating group) is 2. The van der Waals surface area contributed by atoms with Crippen molar-refractivity contribution in [3.8, 4) is 0 Å². The summed E-state index contributed by atoms with van der Waals surface area (Å²) in [5.74, 6) is 0.0375. The van der Waals surface area contributed by atoms with Crippen LogP contribution in [0.5, 0.6) is 0 Å². The normalized spacial score (nSPS) is 12.3. The van der Waals surface area contributed by atoms with Crippen molar-refractivity contribution in [2.45, 2.75) is 32.2 Å². The number of hydrogen-bond acceptors (Lipinski definition) is 4. The van der Waals surface area contributed by atoms with E-state index in [1.165, 1.54) is 6.92 Å². The highest BCUT2D eigenvalue weighted by molar-refractivity contribution is 7.96. The lowest BCUT2D eigenvalue weighted by Gasteiger charge is -2.24. The van der Waals surface area contributed by atoms with Crippen molar-refractivity contribution in [3.05, 3.63) is 0 Å². The number of amides is 2. The van der Waals surface area contributed by atoms with E-state index in [-0.39, 0.29) is 17.9 Å². The third-order valence-corrected chi connectivity index (χ3v) is 3.38. The fraction of sp³-hybridized carbons (Fsp3) is 0.818. The average Bonchev–Trinajstić information content (AvgIpc) is 2.31. The molecule has 0 aromatic rings. The van der Waals surface area contributed by atoms with Gasteiger partial charge < -0.3 is 10.6 Å². The lowest BCUT2D eigenvalue weighted by molar-refractivity contribution is -0.124. The topological polar surface area (TPSA) is 61.4 Å². The van der Waals surface area contributed by atoms with E-state index in [2.05, 4.69) is 10.6 Å². The maximum absolute atomic E-state index is 11.6. The van der Waals surface area contributed by atoms with Gasteiger partial charge in [0.1, 0.15) is 0 Å². The van der Waals surface area contributed by atoms with Gasteiger partial charge in [-0.05, 0) is 32.6 Å². The average molecular weight is 261 g/mol. The molecule has 1 unspecified atom stereocenters. The Kier molecular flexibility index (Phi) is 8.89. The molecule has 0 saturated carbocycles. The van der Waals surface area contributed by atoms with Crippen LogP contribution < -0.4 is 10.6 Å². The maximum Gasteiger partial charge on any atom is 0.238 e. The molecule has 0 bridgehead atoms. The van der Waals surface area contributed by atoms with Crippen LogP contribution in [0.3, 0.4) is 0 Å². The summed E-state index contributed by atoms with van der Waals surface area (Å²) < 4.78 is 1.96. The van der Waals surface area contributed by atoms with Crippen LogP contribution in [0.2, 0.25) is 0 Å². The number of carbonyl (C=O) groups excluding carboxylic acids is 2. The zero-order valence-corrected chi connectivity index (χ0v) is 11.9. The third kappa shape index (κ3) is 7.23. The molecule has 0 spiro atoms. The minimum Gasteiger partial charge on any atom is -0.358 e. The van der Waals surface area contributed by atoms with Gasteiger partial charge >= 0.3 is 0 Å². The Labute approximate surface area is 108 Å². The molecule has 0 aliphatic carbocycles. The van der Waals surface area contributed by atoms with Gasteiger partial charge in [-0.1, -0.05) is 11.9 Å². The SMILES string of the molecule is CNC(=O)C(CCCCNC(C)=O)N(C)SC. The van der Waals surface area contributed by atoms with E-state index in [1.807, 2.05) is 17.6 Å². The molecule has 2 amide bonds. The van der Waals surface area contributed by atoms with Crippen molar-refractivity contribution < 1.29 is 9.59 Å². The number of carbonyl (C=O) groups is 2. The molecule has 0 aromatic heterocycles. The van der Waals surface area contributed by atoms with Gasteiger partial charge in [0.05, 0.1) is 6.04 Å². The van der Waals surface area contributed by atoms with Crippen molar-refractivity contribution in [2.75, 3.05) is 26.9 Å². The molecule has 6 heteroatoms. The van der Waals surface area contributed by atoms with Crippen molar-refractivity contribution in [1.82, 2.24) is 14.9 Å². The standard InChI is InChI=1S/C11H23N3O2S/c1-9(15)13-8-6-5-7-10(11(16)12-2)14(3)17-4/h10H,5-8H2,1-4H3,(H,12,16)(H,13,15). The van der Waals surface area contributed by atoms with E-state index in [4.69, 9.17) is 0 Å². The molecule has 1 atom stereocenters. The van der Waals surface area contributed by atoms with Gasteiger partial charge in [-0.15, -0.1) is 0 Å². The third-order valence-electron chi connectivity index (χ3n) is 2.55. The lowest BCUT2D eigenvalue weighted by atomic mass is 10.1. The van der Waals surface area contributed by atoms with Crippen LogP contribution in [0.25, 0.3) is 0 Å². The van der Waals surface area contributed by atoms with Crippen LogP contribution in [-0.4, -0.2) is 49.1 Å². The number of nitrogens with zero attached hydrogens (tertiary/aromatic N) is 1. The predicted molar refractivity (Wildman–Crippen MR) is 71.7 cm³/mol. The first kappa shape index (κ1) is 16.2. The van der Waals surface area contributed by atoms with Crippen molar-refractivity contribution in [3.63, 3.8) is 0 Å². The molecule has 17 heavy (non-hydrogen) atoms. The lowest BCUT2D eigenvalue weighted by Crippen LogP contribution is -2.40. The molecule has 0 radical (unpaired) electrons. The highest BCUT2D eigenvalue weighted by atomic mass is 32.2. The second-order valence-corrected chi connectivity index (χ2v) is 4.78. The fourth-order valence-electron chi connectivity index (χ4n) is 1.50. The zero-order chi connectivity index (χ0) is 13.3. The zero-order valence-electron chi connectivity index (χ0n) is 11.1. The fourth-order valence-corrected chi connectivity index (χ4v) is 1.95. The highest BCUT2D eigenvalue weighted by Crippen LogP contribution is 2.13. The predicted octanol–water partition coefficient (Wildman–Crippen LogP) is 0.617. The number of nitrogens with one attached hydrogen (secondary N) is 2. The van der Waals surface area contributed by atoms with Gasteiger partial charge in [0.2, 0.25) is 11.8 Å². The summed E-state index contributed by atoms with van der Waals surface area (Å²) in [6.45, 7) is 2.19. The Morgan fingerprint density at radius 2 is 2.00 bits per heavy atom. The van der Waals surface area contributed by atoms with Gasteiger partial charge in [-0.3, -0.25) is 9.59 Å². The monoisotopic (exact) mass is 261 g/mol. The molecule has 2 N–H and O–H groups in total. The van der Waals surface area contributed by atoms with Gasteiger partial charge in [0.25, 0.3) is 0 Å². The molecule has 0 saturated heterocycles. The number of unbranched alkanes of at least 4 members (excludes halogenated alkanes) is 1. The molecule has 0 fully saturated rings. The van der Waals surface area contributed by atoms with Crippen LogP contribution in [0.1, 0.15) is 26.2 Å². The second-order valence-electron chi connectivity index (χ2n) is 3.84. The van der Waals surface area contributed by atoms with Gasteiger partial charge in [-0.2, -0.15) is 0 Å². The van der Waals surface area contributed by atoms with Crippen molar-refractivity contribution >= 4 is 23.8 Å². The summed E-state index contributed by atoms with van der Waals surface area (Å²) in [5.41, 5.74) is 0. The Balaban J connectivity index is 3.92. The molecular formula is C11H23N3O2S. The first-order chi connectivity index (χ1) is 8.02. The Morgan fingerprint density at radius 3 is 2.47 bits per heavy atom. The summed E-state index contributed by atoms with van der Waals surface area (Å²) in [6, 6.07) is -0.104.